The summed E-state index contributed by atoms with van der Waals surface area (Å²) in [5, 5.41) is 1.34. The zero-order chi connectivity index (χ0) is 27.5. The summed E-state index contributed by atoms with van der Waals surface area (Å²) in [5.74, 6) is 4.03. The van der Waals surface area contributed by atoms with Crippen molar-refractivity contribution in [3.63, 3.8) is 0 Å². The summed E-state index contributed by atoms with van der Waals surface area (Å²) in [5.41, 5.74) is 10.9. The first-order valence-electron chi connectivity index (χ1n) is 14.4. The molecule has 39 heavy (non-hydrogen) atoms. The van der Waals surface area contributed by atoms with E-state index in [-0.39, 0.29) is 0 Å². The number of hydrogen-bond acceptors (Lipinski definition) is 3. The van der Waals surface area contributed by atoms with Gasteiger partial charge in [-0.1, -0.05) is 50.0 Å². The molecule has 2 aromatic carbocycles. The number of aryl methyl sites for hydroxylation is 2. The molecule has 0 amide bonds. The molecule has 2 heterocycles. The molecule has 8 heteroatoms. The monoisotopic (exact) mass is 566 g/mol. The van der Waals surface area contributed by atoms with Crippen molar-refractivity contribution in [2.75, 3.05) is 19.6 Å². The smallest absolute Gasteiger partial charge is 0.196 e. The summed E-state index contributed by atoms with van der Waals surface area (Å²) in [6.07, 6.45) is 4.32. The maximum atomic E-state index is 6.55. The van der Waals surface area contributed by atoms with Crippen molar-refractivity contribution in [2.24, 2.45) is 33.9 Å². The average Bonchev–Trinajstić information content (AvgIpc) is 3.30. The van der Waals surface area contributed by atoms with E-state index in [0.717, 1.165) is 78.3 Å². The molecule has 4 aliphatic rings. The molecule has 0 spiro atoms. The molecule has 0 radical (unpaired) electrons. The molecule has 1 aliphatic heterocycles. The number of piperazine rings is 1. The number of nitrogens with one attached hydrogen (secondary N) is 1. The van der Waals surface area contributed by atoms with Crippen LogP contribution in [0.3, 0.4) is 0 Å². The number of halogens is 2. The number of H-pyrrole nitrogens is 1. The number of guanidine groups is 1. The molecule has 3 aliphatic carbocycles. The van der Waals surface area contributed by atoms with Crippen molar-refractivity contribution < 1.29 is 0 Å². The number of imidazole rings is 1. The molecule has 3 saturated carbocycles. The molecule has 3 aromatic rings. The molecular weight excluding hydrogens is 527 g/mol. The standard InChI is InChI=1S/C31H40Cl2N6/c1-18-17-38(11-12-39(18)28-14-21-13-24(19(28)2)31(21,3)4)30(34)35-23-8-9-26-27(16-23)37-29(36-26)10-6-20-5-7-22(32)15-25(20)33/h5,7-9,15-16,18-19,21,24,28H,6,10-14,17H2,1-4H3,(H2,34,35)(H,36,37)/t18-,19+,21-,24-,28-/m0/s1. The number of aromatic amines is 1. The maximum Gasteiger partial charge on any atom is 0.196 e. The van der Waals surface area contributed by atoms with Crippen LogP contribution in [-0.4, -0.2) is 57.4 Å². The summed E-state index contributed by atoms with van der Waals surface area (Å²) < 4.78 is 0. The zero-order valence-corrected chi connectivity index (χ0v) is 24.9. The number of aromatic nitrogens is 2. The number of rotatable bonds is 5. The van der Waals surface area contributed by atoms with Gasteiger partial charge in [0.15, 0.2) is 5.96 Å². The van der Waals surface area contributed by atoms with Gasteiger partial charge >= 0.3 is 0 Å². The lowest BCUT2D eigenvalue weighted by Gasteiger charge is -2.64. The molecule has 1 saturated heterocycles. The van der Waals surface area contributed by atoms with E-state index in [1.807, 2.05) is 30.3 Å². The van der Waals surface area contributed by atoms with Crippen LogP contribution < -0.4 is 5.73 Å². The Balaban J connectivity index is 1.09. The van der Waals surface area contributed by atoms with E-state index >= 15 is 0 Å². The van der Waals surface area contributed by atoms with Crippen molar-refractivity contribution in [2.45, 2.75) is 65.5 Å². The van der Waals surface area contributed by atoms with E-state index in [0.29, 0.717) is 33.5 Å². The fourth-order valence-corrected chi connectivity index (χ4v) is 8.15. The summed E-state index contributed by atoms with van der Waals surface area (Å²) in [6, 6.07) is 12.8. The third-order valence-corrected chi connectivity index (χ3v) is 10.7. The number of nitrogens with two attached hydrogens (primary N) is 1. The van der Waals surface area contributed by atoms with Crippen molar-refractivity contribution >= 4 is 45.9 Å². The predicted octanol–water partition coefficient (Wildman–Crippen LogP) is 6.68. The number of benzene rings is 2. The lowest BCUT2D eigenvalue weighted by atomic mass is 9.44. The van der Waals surface area contributed by atoms with Gasteiger partial charge in [0.05, 0.1) is 16.7 Å². The Bertz CT molecular complexity index is 1400. The normalized spacial score (nSPS) is 29.0. The Hall–Kier alpha value is -2.28. The molecule has 5 atom stereocenters. The second-order valence-electron chi connectivity index (χ2n) is 12.6. The van der Waals surface area contributed by atoms with Gasteiger partial charge in [0.2, 0.25) is 0 Å². The minimum absolute atomic E-state index is 0.465. The minimum atomic E-state index is 0.465. The maximum absolute atomic E-state index is 6.55. The topological polar surface area (TPSA) is 73.5 Å². The summed E-state index contributed by atoms with van der Waals surface area (Å²) in [7, 11) is 0. The summed E-state index contributed by atoms with van der Waals surface area (Å²) in [6.45, 7) is 12.7. The van der Waals surface area contributed by atoms with Crippen molar-refractivity contribution in [3.8, 4) is 0 Å². The van der Waals surface area contributed by atoms with E-state index < -0.39 is 0 Å². The van der Waals surface area contributed by atoms with Crippen LogP contribution in [0, 0.1) is 23.2 Å². The fourth-order valence-electron chi connectivity index (χ4n) is 7.65. The van der Waals surface area contributed by atoms with Crippen LogP contribution in [0.2, 0.25) is 10.0 Å². The minimum Gasteiger partial charge on any atom is -0.369 e. The average molecular weight is 568 g/mol. The van der Waals surface area contributed by atoms with Gasteiger partial charge in [0.1, 0.15) is 5.82 Å². The second kappa shape index (κ2) is 10.3. The first-order chi connectivity index (χ1) is 18.6. The van der Waals surface area contributed by atoms with E-state index in [2.05, 4.69) is 42.5 Å². The van der Waals surface area contributed by atoms with Gasteiger partial charge in [-0.2, -0.15) is 0 Å². The highest BCUT2D eigenvalue weighted by Crippen LogP contribution is 2.62. The zero-order valence-electron chi connectivity index (χ0n) is 23.4. The van der Waals surface area contributed by atoms with Gasteiger partial charge in [-0.25, -0.2) is 9.98 Å². The van der Waals surface area contributed by atoms with Crippen molar-refractivity contribution in [1.29, 1.82) is 0 Å². The summed E-state index contributed by atoms with van der Waals surface area (Å²) >= 11 is 12.4. The number of nitrogens with zero attached hydrogens (tertiary/aromatic N) is 4. The van der Waals surface area contributed by atoms with Crippen LogP contribution in [-0.2, 0) is 12.8 Å². The Morgan fingerprint density at radius 2 is 1.92 bits per heavy atom. The molecule has 1 aromatic heterocycles. The molecular formula is C31H40Cl2N6. The van der Waals surface area contributed by atoms with Crippen LogP contribution in [0.25, 0.3) is 11.0 Å². The molecule has 2 bridgehead atoms. The Kier molecular flexibility index (Phi) is 7.10. The highest BCUT2D eigenvalue weighted by atomic mass is 35.5. The highest BCUT2D eigenvalue weighted by Gasteiger charge is 2.57. The van der Waals surface area contributed by atoms with Gasteiger partial charge in [0.25, 0.3) is 0 Å². The molecule has 208 valence electrons. The predicted molar refractivity (Wildman–Crippen MR) is 162 cm³/mol. The highest BCUT2D eigenvalue weighted by molar-refractivity contribution is 6.35. The van der Waals surface area contributed by atoms with E-state index in [4.69, 9.17) is 38.9 Å². The third kappa shape index (κ3) is 5.05. The number of hydrogen-bond donors (Lipinski definition) is 2. The van der Waals surface area contributed by atoms with Gasteiger partial charge < -0.3 is 15.6 Å². The molecule has 4 fully saturated rings. The Morgan fingerprint density at radius 3 is 2.64 bits per heavy atom. The number of fused-ring (bicyclic) bond motifs is 3. The van der Waals surface area contributed by atoms with Crippen LogP contribution in [0.4, 0.5) is 5.69 Å². The molecule has 6 nitrogen and oxygen atoms in total. The molecule has 3 N–H and O–H groups in total. The quantitative estimate of drug-likeness (QED) is 0.267. The molecule has 0 unspecified atom stereocenters. The summed E-state index contributed by atoms with van der Waals surface area (Å²) in [4.78, 5) is 18.0. The third-order valence-electron chi connectivity index (χ3n) is 10.1. The van der Waals surface area contributed by atoms with Gasteiger partial charge in [-0.05, 0) is 85.3 Å². The van der Waals surface area contributed by atoms with E-state index in [1.54, 1.807) is 6.07 Å². The number of aliphatic imine (C=N–C) groups is 1. The fraction of sp³-hybridized carbons (Fsp3) is 0.548. The first-order valence-corrected chi connectivity index (χ1v) is 15.1. The van der Waals surface area contributed by atoms with Gasteiger partial charge in [-0.3, -0.25) is 4.90 Å². The van der Waals surface area contributed by atoms with Crippen LogP contribution in [0.15, 0.2) is 41.4 Å². The van der Waals surface area contributed by atoms with Crippen molar-refractivity contribution in [1.82, 2.24) is 19.8 Å². The van der Waals surface area contributed by atoms with Gasteiger partial charge in [-0.15, -0.1) is 0 Å². The lowest BCUT2D eigenvalue weighted by Crippen LogP contribution is -2.65. The largest absolute Gasteiger partial charge is 0.369 e. The van der Waals surface area contributed by atoms with Crippen molar-refractivity contribution in [3.05, 3.63) is 57.8 Å². The van der Waals surface area contributed by atoms with Gasteiger partial charge in [0, 0.05) is 48.2 Å². The molecule has 7 rings (SSSR count). The van der Waals surface area contributed by atoms with E-state index in [1.165, 1.54) is 12.8 Å². The SMILES string of the molecule is C[C@H]1[C@@H](N2CCN(C(N)=Nc3ccc4nc(CCc5ccc(Cl)cc5Cl)[nH]c4c3)C[C@@H]2C)C[C@@H]2C[C@@H]1C2(C)C. The van der Waals surface area contributed by atoms with Crippen LogP contribution in [0.5, 0.6) is 0 Å². The first kappa shape index (κ1) is 26.9. The van der Waals surface area contributed by atoms with Crippen LogP contribution in [0.1, 0.15) is 51.9 Å². The second-order valence-corrected chi connectivity index (χ2v) is 13.5. The lowest BCUT2D eigenvalue weighted by molar-refractivity contribution is -0.147. The Morgan fingerprint density at radius 1 is 1.10 bits per heavy atom. The van der Waals surface area contributed by atoms with Crippen LogP contribution >= 0.6 is 23.2 Å². The van der Waals surface area contributed by atoms with E-state index in [9.17, 15) is 0 Å². The Labute approximate surface area is 242 Å².